The standard InChI is InChI=1S/C70H126O7/c1-22-50-29-57-36(8)43(15)64(50)71-58-30-51(23-2)66(44(16)37(58)9)73-60-32-53(25-4)68(46(18)39(60)11)75-62-34-55(27-6)70(48(20)41(62)13)77-63-35-56(28-7)69(49(21)42(63)14)76-61-33-54(26-5)67(47(19)40(61)12)74-59-31-52(24-3)65(72-57)45(17)38(59)10/h36-70H,22-35H2,1-21H3/t36?,37?,38?,39?,40?,41?,42?,43-,44-,45-,46-,47-,48-,49-,50?,51?,52?,53?,54?,55?,56?,57-,58-,59-,60-,61+,62+,63+,64+,65+,66+,67+,68+,69+,70+/m1/s1. The summed E-state index contributed by atoms with van der Waals surface area (Å²) in [6.45, 7) is 52.0. The van der Waals surface area contributed by atoms with Gasteiger partial charge in [0.15, 0.2) is 0 Å². The zero-order valence-electron chi connectivity index (χ0n) is 54.0. The summed E-state index contributed by atoms with van der Waals surface area (Å²) in [7, 11) is 0. The molecule has 77 heavy (non-hydrogen) atoms. The number of hydrogen-bond acceptors (Lipinski definition) is 7. The first-order valence-electron chi connectivity index (χ1n) is 34.2. The predicted molar refractivity (Wildman–Crippen MR) is 318 cm³/mol. The van der Waals surface area contributed by atoms with Gasteiger partial charge in [-0.05, 0) is 169 Å². The van der Waals surface area contributed by atoms with Crippen LogP contribution in [-0.4, -0.2) is 85.5 Å². The Morgan fingerprint density at radius 2 is 0.286 bits per heavy atom. The predicted octanol–water partition coefficient (Wildman–Crippen LogP) is 17.2. The quantitative estimate of drug-likeness (QED) is 0.252. The highest BCUT2D eigenvalue weighted by molar-refractivity contribution is 5.02. The van der Waals surface area contributed by atoms with Crippen LogP contribution < -0.4 is 0 Å². The van der Waals surface area contributed by atoms with Crippen molar-refractivity contribution in [1.82, 2.24) is 0 Å². The molecule has 14 heterocycles. The molecule has 21 fully saturated rings. The third kappa shape index (κ3) is 12.5. The summed E-state index contributed by atoms with van der Waals surface area (Å²) in [6.07, 6.45) is 19.3. The minimum Gasteiger partial charge on any atom is -0.374 e. The van der Waals surface area contributed by atoms with Gasteiger partial charge in [0.1, 0.15) is 0 Å². The van der Waals surface area contributed by atoms with Crippen molar-refractivity contribution >= 4 is 0 Å². The van der Waals surface area contributed by atoms with E-state index in [0.717, 1.165) is 89.9 Å². The van der Waals surface area contributed by atoms with Gasteiger partial charge in [-0.1, -0.05) is 190 Å². The Bertz CT molecular complexity index is 1420. The van der Waals surface area contributed by atoms with Crippen LogP contribution in [0.4, 0.5) is 0 Å². The van der Waals surface area contributed by atoms with Gasteiger partial charge in [0.25, 0.3) is 0 Å². The van der Waals surface area contributed by atoms with E-state index in [1.807, 2.05) is 0 Å². The molecule has 14 aliphatic heterocycles. The first-order valence-corrected chi connectivity index (χ1v) is 34.2. The SMILES string of the molecule is CCC1C[C@@H]2O[C@@H]3C(CC)C[C@H](O[C@@H]4C(CC)C[C@@H](O[C@@H]5C(CC)C[C@@H](O[C@@H]6C(CC)C[C@@H](O[C@@H]7C(CC)C[C@@H](O[C@@H]8C(CC)C[C@H](O[C@H]1[C@H](C)C2C)C(C)[C@H]8C)C(C)[C@H]7C)C(C)[C@H]6C)C(C)[C@H]5C)C(C)[C@H]4C)C(C)[C@H]3C. The third-order valence-electron chi connectivity index (χ3n) is 26.5. The molecular weight excluding hydrogens is 953 g/mol. The van der Waals surface area contributed by atoms with E-state index in [-0.39, 0.29) is 85.5 Å². The Morgan fingerprint density at radius 1 is 0.182 bits per heavy atom. The van der Waals surface area contributed by atoms with E-state index in [9.17, 15) is 0 Å². The maximum absolute atomic E-state index is 7.62. The summed E-state index contributed by atoms with van der Waals surface area (Å²) < 4.78 is 53.3. The van der Waals surface area contributed by atoms with Gasteiger partial charge in [0.05, 0.1) is 85.5 Å². The van der Waals surface area contributed by atoms with Gasteiger partial charge in [-0.2, -0.15) is 0 Å². The third-order valence-corrected chi connectivity index (χ3v) is 26.5. The monoisotopic (exact) mass is 1080 g/mol. The fourth-order valence-corrected chi connectivity index (χ4v) is 19.1. The van der Waals surface area contributed by atoms with Gasteiger partial charge in [-0.3, -0.25) is 0 Å². The lowest BCUT2D eigenvalue weighted by molar-refractivity contribution is -0.224. The fourth-order valence-electron chi connectivity index (χ4n) is 19.1. The number of ether oxygens (including phenoxy) is 7. The van der Waals surface area contributed by atoms with Gasteiger partial charge >= 0.3 is 0 Å². The van der Waals surface area contributed by atoms with E-state index >= 15 is 0 Å². The number of rotatable bonds is 7. The Hall–Kier alpha value is -0.280. The van der Waals surface area contributed by atoms with Crippen molar-refractivity contribution in [2.75, 3.05) is 0 Å². The van der Waals surface area contributed by atoms with Crippen molar-refractivity contribution in [2.45, 2.75) is 321 Å². The minimum absolute atomic E-state index is 0.255. The lowest BCUT2D eigenvalue weighted by Crippen LogP contribution is -2.55. The van der Waals surface area contributed by atoms with Gasteiger partial charge in [0, 0.05) is 0 Å². The van der Waals surface area contributed by atoms with E-state index in [2.05, 4.69) is 145 Å². The molecule has 0 radical (unpaired) electrons. The maximum atomic E-state index is 7.62. The zero-order valence-corrected chi connectivity index (χ0v) is 54.0. The molecule has 14 unspecified atom stereocenters. The minimum atomic E-state index is 0.255. The Balaban J connectivity index is 1.08. The molecule has 21 rings (SSSR count). The highest BCUT2D eigenvalue weighted by Gasteiger charge is 2.54. The van der Waals surface area contributed by atoms with Crippen molar-refractivity contribution < 1.29 is 33.2 Å². The Labute approximate surface area is 476 Å². The second-order valence-corrected chi connectivity index (χ2v) is 29.8. The summed E-state index contributed by atoms with van der Waals surface area (Å²) in [6, 6.07) is 0. The van der Waals surface area contributed by atoms with Gasteiger partial charge < -0.3 is 33.2 Å². The number of hydrogen-bond donors (Lipinski definition) is 0. The Kier molecular flexibility index (Phi) is 21.8. The van der Waals surface area contributed by atoms with Crippen molar-refractivity contribution in [2.24, 2.45) is 124 Å². The molecule has 7 heteroatoms. The molecule has 448 valence electrons. The molecule has 0 amide bonds. The van der Waals surface area contributed by atoms with E-state index < -0.39 is 0 Å². The molecule has 7 aliphatic carbocycles. The van der Waals surface area contributed by atoms with Crippen LogP contribution in [0.25, 0.3) is 0 Å². The van der Waals surface area contributed by atoms with E-state index in [0.29, 0.717) is 124 Å². The summed E-state index contributed by atoms with van der Waals surface area (Å²) in [4.78, 5) is 0. The van der Waals surface area contributed by atoms with E-state index in [4.69, 9.17) is 33.2 Å². The summed E-state index contributed by atoms with van der Waals surface area (Å²) in [5.74, 6) is 9.62. The van der Waals surface area contributed by atoms with Gasteiger partial charge in [-0.15, -0.1) is 0 Å². The molecule has 0 aromatic carbocycles. The maximum Gasteiger partial charge on any atom is 0.0637 e. The molecule has 14 bridgehead atoms. The summed E-state index contributed by atoms with van der Waals surface area (Å²) in [5.41, 5.74) is 0. The highest BCUT2D eigenvalue weighted by Crippen LogP contribution is 2.52. The average Bonchev–Trinajstić information content (AvgIpc) is 3.47. The van der Waals surface area contributed by atoms with Gasteiger partial charge in [-0.25, -0.2) is 0 Å². The molecule has 0 aromatic rings. The van der Waals surface area contributed by atoms with Crippen LogP contribution >= 0.6 is 0 Å². The highest BCUT2D eigenvalue weighted by atomic mass is 16.5. The van der Waals surface area contributed by atoms with Crippen LogP contribution in [0.1, 0.15) is 235 Å². The summed E-state index contributed by atoms with van der Waals surface area (Å²) in [5, 5.41) is 0. The largest absolute Gasteiger partial charge is 0.374 e. The molecular formula is C70H126O7. The van der Waals surface area contributed by atoms with Crippen LogP contribution in [-0.2, 0) is 33.2 Å². The van der Waals surface area contributed by atoms with Crippen LogP contribution in [0.3, 0.4) is 0 Å². The van der Waals surface area contributed by atoms with Crippen molar-refractivity contribution in [3.05, 3.63) is 0 Å². The summed E-state index contributed by atoms with van der Waals surface area (Å²) >= 11 is 0. The normalized spacial score (nSPS) is 55.4. The van der Waals surface area contributed by atoms with Crippen LogP contribution in [0.5, 0.6) is 0 Å². The fraction of sp³-hybridized carbons (Fsp3) is 1.00. The molecule has 0 aromatic heterocycles. The van der Waals surface area contributed by atoms with Gasteiger partial charge in [0.2, 0.25) is 0 Å². The molecule has 21 aliphatic rings. The van der Waals surface area contributed by atoms with Crippen LogP contribution in [0.2, 0.25) is 0 Å². The molecule has 0 N–H and O–H groups in total. The molecule has 7 saturated carbocycles. The second-order valence-electron chi connectivity index (χ2n) is 29.8. The smallest absolute Gasteiger partial charge is 0.0637 e. The van der Waals surface area contributed by atoms with E-state index in [1.165, 1.54) is 0 Å². The Morgan fingerprint density at radius 3 is 0.377 bits per heavy atom. The second kappa shape index (κ2) is 26.7. The molecule has 7 nitrogen and oxygen atoms in total. The van der Waals surface area contributed by atoms with Crippen molar-refractivity contribution in [3.8, 4) is 0 Å². The van der Waals surface area contributed by atoms with Crippen LogP contribution in [0, 0.1) is 124 Å². The topological polar surface area (TPSA) is 64.6 Å². The first kappa shape index (κ1) is 62.8. The van der Waals surface area contributed by atoms with Crippen LogP contribution in [0.15, 0.2) is 0 Å². The van der Waals surface area contributed by atoms with Crippen molar-refractivity contribution in [3.63, 3.8) is 0 Å². The average molecular weight is 1080 g/mol. The van der Waals surface area contributed by atoms with E-state index in [1.54, 1.807) is 0 Å². The lowest BCUT2D eigenvalue weighted by atomic mass is 9.67. The zero-order chi connectivity index (χ0) is 56.1. The molecule has 14 saturated heterocycles. The molecule has 0 spiro atoms. The lowest BCUT2D eigenvalue weighted by Gasteiger charge is -2.53. The first-order chi connectivity index (χ1) is 36.7. The van der Waals surface area contributed by atoms with Crippen molar-refractivity contribution in [1.29, 1.82) is 0 Å². The molecule has 35 atom stereocenters.